The molecule has 166 valence electrons. The molecule has 1 aromatic rings. The number of ether oxygens (including phenoxy) is 1. The fraction of sp³-hybridized carbons (Fsp3) is 0.778. The highest BCUT2D eigenvalue weighted by Crippen LogP contribution is 2.37. The zero-order chi connectivity index (χ0) is 21.9. The maximum Gasteiger partial charge on any atom is 0.332 e. The maximum atomic E-state index is 14.6. The van der Waals surface area contributed by atoms with E-state index in [0.29, 0.717) is 11.0 Å². The van der Waals surface area contributed by atoms with Gasteiger partial charge in [-0.05, 0) is 18.8 Å². The van der Waals surface area contributed by atoms with Crippen LogP contribution >= 0.6 is 0 Å². The van der Waals surface area contributed by atoms with Crippen LogP contribution in [0.4, 0.5) is 4.39 Å². The molecule has 11 heteroatoms. The number of hydrogen-bond donors (Lipinski definition) is 5. The van der Waals surface area contributed by atoms with Crippen molar-refractivity contribution >= 4 is 0 Å². The summed E-state index contributed by atoms with van der Waals surface area (Å²) in [5, 5.41) is 41.6. The number of rotatable bonds is 9. The lowest BCUT2D eigenvalue weighted by molar-refractivity contribution is -0.327. The fourth-order valence-corrected chi connectivity index (χ4v) is 3.47. The minimum Gasteiger partial charge on any atom is -0.394 e. The van der Waals surface area contributed by atoms with Crippen molar-refractivity contribution in [1.82, 2.24) is 14.6 Å². The summed E-state index contributed by atoms with van der Waals surface area (Å²) in [6, 6.07) is -1.83. The first-order valence-electron chi connectivity index (χ1n) is 9.75. The van der Waals surface area contributed by atoms with Crippen LogP contribution in [0.2, 0.25) is 0 Å². The number of nitrogens with one attached hydrogen (secondary N) is 1. The number of aromatic amines is 1. The third-order valence-corrected chi connectivity index (χ3v) is 5.15. The largest absolute Gasteiger partial charge is 0.394 e. The van der Waals surface area contributed by atoms with E-state index in [1.165, 1.54) is 0 Å². The first-order valence-corrected chi connectivity index (χ1v) is 9.75. The number of hydrogen-bond acceptors (Lipinski definition) is 8. The Kier molecular flexibility index (Phi) is 7.71. The van der Waals surface area contributed by atoms with E-state index in [1.54, 1.807) is 13.8 Å². The normalized spacial score (nSPS) is 28.4. The highest BCUT2D eigenvalue weighted by molar-refractivity contribution is 5.11. The smallest absolute Gasteiger partial charge is 0.332 e. The molecule has 0 amide bonds. The minimum absolute atomic E-state index is 0.0782. The first kappa shape index (κ1) is 23.6. The van der Waals surface area contributed by atoms with Gasteiger partial charge in [-0.1, -0.05) is 33.6 Å². The molecule has 5 N–H and O–H groups in total. The number of halogens is 1. The average molecular weight is 419 g/mol. The van der Waals surface area contributed by atoms with Crippen molar-refractivity contribution in [1.29, 1.82) is 0 Å². The van der Waals surface area contributed by atoms with Crippen LogP contribution < -0.4 is 11.2 Å². The molecular formula is C18H30FN3O7. The van der Waals surface area contributed by atoms with Crippen LogP contribution in [0.3, 0.4) is 0 Å². The Balaban J connectivity index is 2.50. The van der Waals surface area contributed by atoms with E-state index < -0.39 is 48.3 Å². The first-order chi connectivity index (χ1) is 13.6. The van der Waals surface area contributed by atoms with Crippen molar-refractivity contribution < 1.29 is 29.7 Å². The van der Waals surface area contributed by atoms with E-state index >= 15 is 0 Å². The number of hydroxylamine groups is 2. The summed E-state index contributed by atoms with van der Waals surface area (Å²) in [4.78, 5) is 26.4. The highest BCUT2D eigenvalue weighted by atomic mass is 19.1. The molecule has 5 atom stereocenters. The number of aliphatic hydroxyl groups is 3. The van der Waals surface area contributed by atoms with Gasteiger partial charge in [0.25, 0.3) is 11.5 Å². The van der Waals surface area contributed by atoms with Gasteiger partial charge in [0.1, 0.15) is 18.2 Å². The van der Waals surface area contributed by atoms with Gasteiger partial charge in [-0.2, -0.15) is 0 Å². The van der Waals surface area contributed by atoms with E-state index in [9.17, 15) is 34.5 Å². The molecule has 0 aliphatic carbocycles. The number of unbranched alkanes of at least 4 members (excludes halogenated alkanes) is 2. The second kappa shape index (κ2) is 9.45. The van der Waals surface area contributed by atoms with Crippen LogP contribution in [0.5, 0.6) is 0 Å². The van der Waals surface area contributed by atoms with E-state index in [1.807, 2.05) is 11.9 Å². The highest BCUT2D eigenvalue weighted by Gasteiger charge is 2.59. The lowest BCUT2D eigenvalue weighted by Gasteiger charge is -2.36. The number of alkyl halides is 1. The van der Waals surface area contributed by atoms with E-state index in [0.717, 1.165) is 19.0 Å². The Bertz CT molecular complexity index is 798. The Hall–Kier alpha value is -1.63. The monoisotopic (exact) mass is 419 g/mol. The third-order valence-electron chi connectivity index (χ3n) is 5.15. The van der Waals surface area contributed by atoms with Gasteiger partial charge in [-0.3, -0.25) is 9.78 Å². The molecule has 1 saturated heterocycles. The quantitative estimate of drug-likeness (QED) is 0.213. The summed E-state index contributed by atoms with van der Waals surface area (Å²) in [5.74, 6) is -3.07. The molecule has 0 saturated carbocycles. The topological polar surface area (TPSA) is 148 Å². The maximum absolute atomic E-state index is 14.6. The van der Waals surface area contributed by atoms with Crippen LogP contribution in [-0.4, -0.2) is 66.3 Å². The summed E-state index contributed by atoms with van der Waals surface area (Å²) in [6.45, 7) is 4.55. The molecule has 29 heavy (non-hydrogen) atoms. The standard InChI is InChI=1S/C18H30FN3O7/c1-4-5-6-7-13(19)22(28)15-14(24)12(9-23)29-18(15,27)21-8-11(10(2)3)16(25)20-17(21)26/h8,10,12-15,23-24,27-28H,4-7,9H2,1-3H3,(H,20,25,26)/t12-,13?,14-,15?,18-/m1/s1. The Morgan fingerprint density at radius 1 is 1.38 bits per heavy atom. The molecule has 2 rings (SSSR count). The molecule has 0 bridgehead atoms. The van der Waals surface area contributed by atoms with Gasteiger partial charge in [-0.25, -0.2) is 13.8 Å². The Morgan fingerprint density at radius 2 is 2.03 bits per heavy atom. The van der Waals surface area contributed by atoms with Gasteiger partial charge in [-0.15, -0.1) is 5.06 Å². The van der Waals surface area contributed by atoms with Gasteiger partial charge in [0.2, 0.25) is 0 Å². The molecule has 0 aromatic carbocycles. The van der Waals surface area contributed by atoms with Crippen molar-refractivity contribution in [2.24, 2.45) is 0 Å². The number of aromatic nitrogens is 2. The van der Waals surface area contributed by atoms with E-state index in [4.69, 9.17) is 4.74 Å². The predicted octanol–water partition coefficient (Wildman–Crippen LogP) is -0.0497. The van der Waals surface area contributed by atoms with Crippen molar-refractivity contribution in [2.75, 3.05) is 6.61 Å². The summed E-state index contributed by atoms with van der Waals surface area (Å²) in [5.41, 5.74) is -1.61. The summed E-state index contributed by atoms with van der Waals surface area (Å²) in [7, 11) is 0. The molecule has 1 aromatic heterocycles. The van der Waals surface area contributed by atoms with Crippen molar-refractivity contribution in [3.8, 4) is 0 Å². The van der Waals surface area contributed by atoms with Gasteiger partial charge >= 0.3 is 5.69 Å². The zero-order valence-electron chi connectivity index (χ0n) is 16.8. The average Bonchev–Trinajstić information content (AvgIpc) is 2.91. The van der Waals surface area contributed by atoms with Crippen molar-refractivity contribution in [3.63, 3.8) is 0 Å². The van der Waals surface area contributed by atoms with Gasteiger partial charge in [0, 0.05) is 11.8 Å². The molecule has 1 fully saturated rings. The Labute approximate surface area is 167 Å². The molecule has 10 nitrogen and oxygen atoms in total. The second-order valence-electron chi connectivity index (χ2n) is 7.61. The number of H-pyrrole nitrogens is 1. The van der Waals surface area contributed by atoms with Crippen LogP contribution in [0.25, 0.3) is 0 Å². The van der Waals surface area contributed by atoms with Crippen LogP contribution in [0, 0.1) is 0 Å². The van der Waals surface area contributed by atoms with Crippen molar-refractivity contribution in [2.45, 2.75) is 82.8 Å². The van der Waals surface area contributed by atoms with Gasteiger partial charge < -0.3 is 25.3 Å². The predicted molar refractivity (Wildman–Crippen MR) is 100 cm³/mol. The van der Waals surface area contributed by atoms with Gasteiger partial charge in [0.05, 0.1) is 6.61 Å². The summed E-state index contributed by atoms with van der Waals surface area (Å²) in [6.07, 6.45) is -2.11. The number of nitrogens with zero attached hydrogens (tertiary/aromatic N) is 2. The van der Waals surface area contributed by atoms with E-state index in [2.05, 4.69) is 0 Å². The molecule has 0 radical (unpaired) electrons. The molecule has 0 spiro atoms. The Morgan fingerprint density at radius 3 is 2.59 bits per heavy atom. The molecule has 2 heterocycles. The third kappa shape index (κ3) is 4.60. The summed E-state index contributed by atoms with van der Waals surface area (Å²) >= 11 is 0. The van der Waals surface area contributed by atoms with Crippen LogP contribution in [0.1, 0.15) is 57.9 Å². The molecule has 1 aliphatic heterocycles. The SMILES string of the molecule is CCCCCC(F)N(O)C1[C@H](O)[C@@H](CO)O[C@@]1(O)n1cc(C(C)C)c(=O)[nH]c1=O. The zero-order valence-corrected chi connectivity index (χ0v) is 16.8. The van der Waals surface area contributed by atoms with Gasteiger partial charge in [0.15, 0.2) is 6.30 Å². The summed E-state index contributed by atoms with van der Waals surface area (Å²) < 4.78 is 20.5. The fourth-order valence-electron chi connectivity index (χ4n) is 3.47. The molecule has 1 aliphatic rings. The molecular weight excluding hydrogens is 389 g/mol. The van der Waals surface area contributed by atoms with E-state index in [-0.39, 0.29) is 23.0 Å². The van der Waals surface area contributed by atoms with Crippen molar-refractivity contribution in [3.05, 3.63) is 32.6 Å². The second-order valence-corrected chi connectivity index (χ2v) is 7.61. The number of aliphatic hydroxyl groups excluding tert-OH is 2. The lowest BCUT2D eigenvalue weighted by atomic mass is 10.0. The molecule has 2 unspecified atom stereocenters. The lowest BCUT2D eigenvalue weighted by Crippen LogP contribution is -2.59. The van der Waals surface area contributed by atoms with Crippen LogP contribution in [0.15, 0.2) is 15.8 Å². The minimum atomic E-state index is -2.73. The van der Waals surface area contributed by atoms with Crippen LogP contribution in [-0.2, 0) is 10.6 Å².